The minimum absolute atomic E-state index is 0.201. The van der Waals surface area contributed by atoms with Crippen molar-refractivity contribution in [1.82, 2.24) is 4.98 Å². The number of benzene rings is 2. The van der Waals surface area contributed by atoms with Gasteiger partial charge in [-0.05, 0) is 55.8 Å². The predicted molar refractivity (Wildman–Crippen MR) is 109 cm³/mol. The van der Waals surface area contributed by atoms with Gasteiger partial charge in [0, 0.05) is 35.7 Å². The Labute approximate surface area is 163 Å². The lowest BCUT2D eigenvalue weighted by Crippen LogP contribution is -2.19. The molecule has 4 rings (SSSR count). The van der Waals surface area contributed by atoms with Crippen molar-refractivity contribution in [3.63, 3.8) is 0 Å². The van der Waals surface area contributed by atoms with Gasteiger partial charge in [0.2, 0.25) is 6.79 Å². The van der Waals surface area contributed by atoms with E-state index in [1.54, 1.807) is 36.5 Å². The number of amides is 1. The SMILES string of the molecule is CCN(c1cccc(C)c1)c1cc(C(=O)Nc2ccc3c(c2)OCO3)ccn1. The number of pyridine rings is 1. The van der Waals surface area contributed by atoms with Gasteiger partial charge < -0.3 is 19.7 Å². The van der Waals surface area contributed by atoms with Crippen LogP contribution in [0.5, 0.6) is 11.5 Å². The summed E-state index contributed by atoms with van der Waals surface area (Å²) >= 11 is 0. The Morgan fingerprint density at radius 3 is 2.79 bits per heavy atom. The molecule has 1 aromatic heterocycles. The van der Waals surface area contributed by atoms with Gasteiger partial charge in [-0.2, -0.15) is 0 Å². The fourth-order valence-corrected chi connectivity index (χ4v) is 3.16. The lowest BCUT2D eigenvalue weighted by Gasteiger charge is -2.23. The number of aryl methyl sites for hydroxylation is 1. The topological polar surface area (TPSA) is 63.7 Å². The molecule has 0 atom stereocenters. The molecular weight excluding hydrogens is 354 g/mol. The number of nitrogens with zero attached hydrogens (tertiary/aromatic N) is 2. The molecule has 6 heteroatoms. The molecule has 28 heavy (non-hydrogen) atoms. The third kappa shape index (κ3) is 3.62. The molecule has 1 aliphatic heterocycles. The molecule has 1 amide bonds. The number of nitrogens with one attached hydrogen (secondary N) is 1. The summed E-state index contributed by atoms with van der Waals surface area (Å²) in [6.07, 6.45) is 1.66. The van der Waals surface area contributed by atoms with Crippen LogP contribution in [0.1, 0.15) is 22.8 Å². The van der Waals surface area contributed by atoms with Gasteiger partial charge in [-0.3, -0.25) is 4.79 Å². The number of aromatic nitrogens is 1. The van der Waals surface area contributed by atoms with Gasteiger partial charge in [0.15, 0.2) is 11.5 Å². The molecule has 2 heterocycles. The number of fused-ring (bicyclic) bond motifs is 1. The number of hydrogen-bond donors (Lipinski definition) is 1. The Hall–Kier alpha value is -3.54. The van der Waals surface area contributed by atoms with Crippen molar-refractivity contribution >= 4 is 23.1 Å². The molecule has 0 saturated carbocycles. The molecule has 0 spiro atoms. The summed E-state index contributed by atoms with van der Waals surface area (Å²) in [4.78, 5) is 19.3. The van der Waals surface area contributed by atoms with E-state index in [1.807, 2.05) is 12.1 Å². The highest BCUT2D eigenvalue weighted by molar-refractivity contribution is 6.04. The number of anilines is 3. The molecular formula is C22H21N3O3. The molecule has 1 N–H and O–H groups in total. The minimum Gasteiger partial charge on any atom is -0.454 e. The number of hydrogen-bond acceptors (Lipinski definition) is 5. The van der Waals surface area contributed by atoms with Crippen molar-refractivity contribution in [3.05, 3.63) is 71.9 Å². The maximum Gasteiger partial charge on any atom is 0.255 e. The first-order chi connectivity index (χ1) is 13.6. The first-order valence-electron chi connectivity index (χ1n) is 9.15. The van der Waals surface area contributed by atoms with Gasteiger partial charge in [-0.1, -0.05) is 12.1 Å². The van der Waals surface area contributed by atoms with Crippen molar-refractivity contribution in [3.8, 4) is 11.5 Å². The summed E-state index contributed by atoms with van der Waals surface area (Å²) in [6.45, 7) is 5.05. The lowest BCUT2D eigenvalue weighted by atomic mass is 10.2. The largest absolute Gasteiger partial charge is 0.454 e. The average molecular weight is 375 g/mol. The van der Waals surface area contributed by atoms with Crippen LogP contribution >= 0.6 is 0 Å². The average Bonchev–Trinajstić information content (AvgIpc) is 3.17. The molecule has 1 aliphatic rings. The van der Waals surface area contributed by atoms with Gasteiger partial charge in [0.05, 0.1) is 0 Å². The molecule has 0 radical (unpaired) electrons. The van der Waals surface area contributed by atoms with E-state index < -0.39 is 0 Å². The Bertz CT molecular complexity index is 1020. The second-order valence-electron chi connectivity index (χ2n) is 6.51. The van der Waals surface area contributed by atoms with Crippen molar-refractivity contribution in [2.24, 2.45) is 0 Å². The highest BCUT2D eigenvalue weighted by Gasteiger charge is 2.16. The highest BCUT2D eigenvalue weighted by Crippen LogP contribution is 2.34. The summed E-state index contributed by atoms with van der Waals surface area (Å²) in [6, 6.07) is 17.0. The molecule has 2 aromatic carbocycles. The first kappa shape index (κ1) is 17.9. The zero-order valence-corrected chi connectivity index (χ0v) is 15.8. The number of rotatable bonds is 5. The second kappa shape index (κ2) is 7.60. The third-order valence-corrected chi connectivity index (χ3v) is 4.54. The standard InChI is InChI=1S/C22H21N3O3/c1-3-25(18-6-4-5-15(2)11-18)21-12-16(9-10-23-21)22(26)24-17-7-8-19-20(13-17)28-14-27-19/h4-13H,3,14H2,1-2H3,(H,24,26). The van der Waals surface area contributed by atoms with E-state index in [9.17, 15) is 4.79 Å². The normalized spacial score (nSPS) is 11.9. The maximum atomic E-state index is 12.7. The smallest absolute Gasteiger partial charge is 0.255 e. The second-order valence-corrected chi connectivity index (χ2v) is 6.51. The molecule has 0 unspecified atom stereocenters. The maximum absolute atomic E-state index is 12.7. The summed E-state index contributed by atoms with van der Waals surface area (Å²) < 4.78 is 10.7. The van der Waals surface area contributed by atoms with Crippen LogP contribution in [0.4, 0.5) is 17.2 Å². The molecule has 6 nitrogen and oxygen atoms in total. The molecule has 0 bridgehead atoms. The van der Waals surface area contributed by atoms with Gasteiger partial charge >= 0.3 is 0 Å². The van der Waals surface area contributed by atoms with Crippen LogP contribution in [0.15, 0.2) is 60.8 Å². The Kier molecular flexibility index (Phi) is 4.85. The summed E-state index contributed by atoms with van der Waals surface area (Å²) in [5.41, 5.74) is 3.41. The van der Waals surface area contributed by atoms with E-state index >= 15 is 0 Å². The molecule has 0 aliphatic carbocycles. The third-order valence-electron chi connectivity index (χ3n) is 4.54. The first-order valence-corrected chi connectivity index (χ1v) is 9.15. The van der Waals surface area contributed by atoms with Crippen LogP contribution < -0.4 is 19.7 Å². The van der Waals surface area contributed by atoms with Gasteiger partial charge in [0.25, 0.3) is 5.91 Å². The summed E-state index contributed by atoms with van der Waals surface area (Å²) in [5.74, 6) is 1.83. The van der Waals surface area contributed by atoms with Crippen LogP contribution in [-0.4, -0.2) is 24.2 Å². The van der Waals surface area contributed by atoms with Gasteiger partial charge in [-0.15, -0.1) is 0 Å². The van der Waals surface area contributed by atoms with Gasteiger partial charge in [-0.25, -0.2) is 4.98 Å². The van der Waals surface area contributed by atoms with E-state index in [2.05, 4.69) is 41.2 Å². The summed E-state index contributed by atoms with van der Waals surface area (Å²) in [5, 5.41) is 2.90. The molecule has 3 aromatic rings. The van der Waals surface area contributed by atoms with Crippen LogP contribution in [0, 0.1) is 6.92 Å². The predicted octanol–water partition coefficient (Wildman–Crippen LogP) is 4.53. The van der Waals surface area contributed by atoms with E-state index in [0.717, 1.165) is 18.1 Å². The highest BCUT2D eigenvalue weighted by atomic mass is 16.7. The van der Waals surface area contributed by atoms with Crippen molar-refractivity contribution in [1.29, 1.82) is 0 Å². The molecule has 142 valence electrons. The van der Waals surface area contributed by atoms with E-state index in [0.29, 0.717) is 22.7 Å². The van der Waals surface area contributed by atoms with E-state index in [-0.39, 0.29) is 12.7 Å². The number of ether oxygens (including phenoxy) is 2. The summed E-state index contributed by atoms with van der Waals surface area (Å²) in [7, 11) is 0. The Morgan fingerprint density at radius 1 is 1.11 bits per heavy atom. The Morgan fingerprint density at radius 2 is 1.96 bits per heavy atom. The fourth-order valence-electron chi connectivity index (χ4n) is 3.16. The van der Waals surface area contributed by atoms with Crippen LogP contribution in [-0.2, 0) is 0 Å². The fraction of sp³-hybridized carbons (Fsp3) is 0.182. The molecule has 0 saturated heterocycles. The van der Waals surface area contributed by atoms with E-state index in [1.165, 1.54) is 5.56 Å². The van der Waals surface area contributed by atoms with E-state index in [4.69, 9.17) is 9.47 Å². The van der Waals surface area contributed by atoms with Crippen molar-refractivity contribution in [2.75, 3.05) is 23.6 Å². The zero-order chi connectivity index (χ0) is 19.5. The quantitative estimate of drug-likeness (QED) is 0.710. The molecule has 0 fully saturated rings. The minimum atomic E-state index is -0.206. The van der Waals surface area contributed by atoms with Crippen molar-refractivity contribution < 1.29 is 14.3 Å². The monoisotopic (exact) mass is 375 g/mol. The lowest BCUT2D eigenvalue weighted by molar-refractivity contribution is 0.102. The van der Waals surface area contributed by atoms with Gasteiger partial charge in [0.1, 0.15) is 5.82 Å². The van der Waals surface area contributed by atoms with Crippen molar-refractivity contribution in [2.45, 2.75) is 13.8 Å². The number of carbonyl (C=O) groups is 1. The van der Waals surface area contributed by atoms with Crippen LogP contribution in [0.25, 0.3) is 0 Å². The van der Waals surface area contributed by atoms with Crippen LogP contribution in [0.3, 0.4) is 0 Å². The zero-order valence-electron chi connectivity index (χ0n) is 15.8. The Balaban J connectivity index is 1.56. The number of carbonyl (C=O) groups excluding carboxylic acids is 1. The van der Waals surface area contributed by atoms with Crippen LogP contribution in [0.2, 0.25) is 0 Å².